The third-order valence-corrected chi connectivity index (χ3v) is 4.84. The Kier molecular flexibility index (Phi) is 5.43. The molecule has 2 rings (SSSR count). The SMILES string of the molecule is CCNC(C)c1ccccc1Sc1ncccc1Br. The summed E-state index contributed by atoms with van der Waals surface area (Å²) in [7, 11) is 0. The van der Waals surface area contributed by atoms with E-state index in [0.29, 0.717) is 6.04 Å². The molecule has 1 heterocycles. The summed E-state index contributed by atoms with van der Waals surface area (Å²) in [6.45, 7) is 5.28. The van der Waals surface area contributed by atoms with Gasteiger partial charge < -0.3 is 5.32 Å². The molecule has 0 spiro atoms. The van der Waals surface area contributed by atoms with E-state index >= 15 is 0 Å². The molecule has 2 nitrogen and oxygen atoms in total. The lowest BCUT2D eigenvalue weighted by Gasteiger charge is -2.16. The highest BCUT2D eigenvalue weighted by Gasteiger charge is 2.11. The summed E-state index contributed by atoms with van der Waals surface area (Å²) >= 11 is 5.24. The van der Waals surface area contributed by atoms with Crippen LogP contribution in [0.5, 0.6) is 0 Å². The van der Waals surface area contributed by atoms with Crippen molar-refractivity contribution in [2.45, 2.75) is 29.8 Å². The van der Waals surface area contributed by atoms with Crippen molar-refractivity contribution in [3.05, 3.63) is 52.6 Å². The third-order valence-electron chi connectivity index (χ3n) is 2.83. The van der Waals surface area contributed by atoms with Gasteiger partial charge in [0, 0.05) is 17.1 Å². The Balaban J connectivity index is 2.28. The Morgan fingerprint density at radius 1 is 1.26 bits per heavy atom. The standard InChI is InChI=1S/C15H17BrN2S/c1-3-17-11(2)12-7-4-5-9-14(12)19-15-13(16)8-6-10-18-15/h4-11,17H,3H2,1-2H3. The molecule has 0 aliphatic carbocycles. The van der Waals surface area contributed by atoms with E-state index in [9.17, 15) is 0 Å². The first-order chi connectivity index (χ1) is 9.22. The number of nitrogens with one attached hydrogen (secondary N) is 1. The Morgan fingerprint density at radius 2 is 2.05 bits per heavy atom. The van der Waals surface area contributed by atoms with Crippen LogP contribution in [0.1, 0.15) is 25.5 Å². The average Bonchev–Trinajstić information content (AvgIpc) is 2.42. The minimum atomic E-state index is 0.344. The smallest absolute Gasteiger partial charge is 0.115 e. The number of rotatable bonds is 5. The number of aromatic nitrogens is 1. The minimum Gasteiger partial charge on any atom is -0.310 e. The summed E-state index contributed by atoms with van der Waals surface area (Å²) in [6, 6.07) is 12.8. The van der Waals surface area contributed by atoms with Gasteiger partial charge in [-0.3, -0.25) is 0 Å². The average molecular weight is 337 g/mol. The third kappa shape index (κ3) is 3.81. The maximum atomic E-state index is 4.42. The first-order valence-electron chi connectivity index (χ1n) is 6.33. The van der Waals surface area contributed by atoms with Gasteiger partial charge in [0.15, 0.2) is 0 Å². The van der Waals surface area contributed by atoms with Crippen molar-refractivity contribution >= 4 is 27.7 Å². The van der Waals surface area contributed by atoms with E-state index in [-0.39, 0.29) is 0 Å². The number of benzene rings is 1. The number of halogens is 1. The predicted molar refractivity (Wildman–Crippen MR) is 84.6 cm³/mol. The molecule has 1 aromatic heterocycles. The summed E-state index contributed by atoms with van der Waals surface area (Å²) in [5, 5.41) is 4.46. The van der Waals surface area contributed by atoms with E-state index in [0.717, 1.165) is 16.0 Å². The highest BCUT2D eigenvalue weighted by Crippen LogP contribution is 2.35. The maximum absolute atomic E-state index is 4.42. The topological polar surface area (TPSA) is 24.9 Å². The fourth-order valence-electron chi connectivity index (χ4n) is 1.90. The fraction of sp³-hybridized carbons (Fsp3) is 0.267. The number of pyridine rings is 1. The molecule has 1 N–H and O–H groups in total. The van der Waals surface area contributed by atoms with Crippen LogP contribution in [0.2, 0.25) is 0 Å². The molecule has 0 bridgehead atoms. The first kappa shape index (κ1) is 14.6. The molecule has 19 heavy (non-hydrogen) atoms. The van der Waals surface area contributed by atoms with Gasteiger partial charge in [-0.2, -0.15) is 0 Å². The Bertz CT molecular complexity index is 545. The molecule has 0 aliphatic heterocycles. The van der Waals surface area contributed by atoms with E-state index in [1.54, 1.807) is 11.8 Å². The molecule has 0 saturated carbocycles. The second-order valence-corrected chi connectivity index (χ2v) is 6.09. The summed E-state index contributed by atoms with van der Waals surface area (Å²) in [6.07, 6.45) is 1.82. The Morgan fingerprint density at radius 3 is 2.79 bits per heavy atom. The Hall–Kier alpha value is -0.840. The molecular formula is C15H17BrN2S. The van der Waals surface area contributed by atoms with Crippen molar-refractivity contribution in [1.82, 2.24) is 10.3 Å². The van der Waals surface area contributed by atoms with Gasteiger partial charge in [0.05, 0.1) is 4.47 Å². The summed E-state index contributed by atoms with van der Waals surface area (Å²) < 4.78 is 1.03. The van der Waals surface area contributed by atoms with Gasteiger partial charge in [-0.25, -0.2) is 4.98 Å². The monoisotopic (exact) mass is 336 g/mol. The van der Waals surface area contributed by atoms with E-state index in [4.69, 9.17) is 0 Å². The van der Waals surface area contributed by atoms with Crippen molar-refractivity contribution < 1.29 is 0 Å². The quantitative estimate of drug-likeness (QED) is 0.858. The predicted octanol–water partition coefficient (Wildman–Crippen LogP) is 4.67. The maximum Gasteiger partial charge on any atom is 0.115 e. The molecule has 0 radical (unpaired) electrons. The van der Waals surface area contributed by atoms with E-state index < -0.39 is 0 Å². The van der Waals surface area contributed by atoms with Crippen LogP contribution in [0.15, 0.2) is 57.0 Å². The summed E-state index contributed by atoms with van der Waals surface area (Å²) in [5.74, 6) is 0. The van der Waals surface area contributed by atoms with Crippen molar-refractivity contribution in [3.63, 3.8) is 0 Å². The fourth-order valence-corrected chi connectivity index (χ4v) is 3.39. The van der Waals surface area contributed by atoms with Gasteiger partial charge in [0.2, 0.25) is 0 Å². The van der Waals surface area contributed by atoms with Crippen LogP contribution < -0.4 is 5.32 Å². The summed E-state index contributed by atoms with van der Waals surface area (Å²) in [4.78, 5) is 5.66. The number of nitrogens with zero attached hydrogens (tertiary/aromatic N) is 1. The normalized spacial score (nSPS) is 12.4. The Labute approximate surface area is 127 Å². The zero-order valence-corrected chi connectivity index (χ0v) is 13.5. The summed E-state index contributed by atoms with van der Waals surface area (Å²) in [5.41, 5.74) is 1.31. The highest BCUT2D eigenvalue weighted by atomic mass is 79.9. The second-order valence-electron chi connectivity index (χ2n) is 4.21. The molecule has 4 heteroatoms. The zero-order valence-electron chi connectivity index (χ0n) is 11.1. The molecule has 0 saturated heterocycles. The number of hydrogen-bond donors (Lipinski definition) is 1. The van der Waals surface area contributed by atoms with E-state index in [2.05, 4.69) is 64.3 Å². The van der Waals surface area contributed by atoms with Crippen LogP contribution >= 0.6 is 27.7 Å². The zero-order chi connectivity index (χ0) is 13.7. The largest absolute Gasteiger partial charge is 0.310 e. The first-order valence-corrected chi connectivity index (χ1v) is 7.94. The molecular weight excluding hydrogens is 320 g/mol. The van der Waals surface area contributed by atoms with Crippen molar-refractivity contribution in [1.29, 1.82) is 0 Å². The van der Waals surface area contributed by atoms with Gasteiger partial charge in [-0.15, -0.1) is 0 Å². The van der Waals surface area contributed by atoms with Crippen molar-refractivity contribution in [2.24, 2.45) is 0 Å². The minimum absolute atomic E-state index is 0.344. The lowest BCUT2D eigenvalue weighted by Crippen LogP contribution is -2.18. The molecule has 1 aromatic carbocycles. The molecule has 0 aliphatic rings. The molecule has 1 atom stereocenters. The lowest BCUT2D eigenvalue weighted by molar-refractivity contribution is 0.590. The van der Waals surface area contributed by atoms with Crippen LogP contribution in [-0.4, -0.2) is 11.5 Å². The molecule has 100 valence electrons. The molecule has 0 amide bonds. The molecule has 0 fully saturated rings. The highest BCUT2D eigenvalue weighted by molar-refractivity contribution is 9.10. The van der Waals surface area contributed by atoms with Crippen LogP contribution in [-0.2, 0) is 0 Å². The van der Waals surface area contributed by atoms with Crippen molar-refractivity contribution in [2.75, 3.05) is 6.54 Å². The number of hydrogen-bond acceptors (Lipinski definition) is 3. The van der Waals surface area contributed by atoms with Gasteiger partial charge in [0.25, 0.3) is 0 Å². The van der Waals surface area contributed by atoms with E-state index in [1.165, 1.54) is 10.5 Å². The molecule has 2 aromatic rings. The van der Waals surface area contributed by atoms with E-state index in [1.807, 2.05) is 18.3 Å². The van der Waals surface area contributed by atoms with Gasteiger partial charge in [-0.1, -0.05) is 36.9 Å². The van der Waals surface area contributed by atoms with Gasteiger partial charge in [-0.05, 0) is 53.2 Å². The van der Waals surface area contributed by atoms with Crippen LogP contribution in [0, 0.1) is 0 Å². The van der Waals surface area contributed by atoms with Crippen molar-refractivity contribution in [3.8, 4) is 0 Å². The van der Waals surface area contributed by atoms with Crippen LogP contribution in [0.3, 0.4) is 0 Å². The molecule has 1 unspecified atom stereocenters. The van der Waals surface area contributed by atoms with Gasteiger partial charge in [0.1, 0.15) is 5.03 Å². The second kappa shape index (κ2) is 7.08. The van der Waals surface area contributed by atoms with Gasteiger partial charge >= 0.3 is 0 Å². The van der Waals surface area contributed by atoms with Crippen LogP contribution in [0.25, 0.3) is 0 Å². The lowest BCUT2D eigenvalue weighted by atomic mass is 10.1. The van der Waals surface area contributed by atoms with Crippen LogP contribution in [0.4, 0.5) is 0 Å².